The summed E-state index contributed by atoms with van der Waals surface area (Å²) in [6.07, 6.45) is 4.86. The van der Waals surface area contributed by atoms with E-state index in [0.717, 1.165) is 11.4 Å². The Morgan fingerprint density at radius 3 is 2.86 bits per heavy atom. The van der Waals surface area contributed by atoms with Crippen LogP contribution in [0.2, 0.25) is 0 Å². The lowest BCUT2D eigenvalue weighted by Gasteiger charge is -2.07. The van der Waals surface area contributed by atoms with Crippen LogP contribution in [0.3, 0.4) is 0 Å². The van der Waals surface area contributed by atoms with Crippen LogP contribution in [0.15, 0.2) is 61.1 Å². The van der Waals surface area contributed by atoms with Crippen molar-refractivity contribution in [2.75, 3.05) is 5.32 Å². The first-order valence-electron chi connectivity index (χ1n) is 6.72. The lowest BCUT2D eigenvalue weighted by atomic mass is 10.2. The highest BCUT2D eigenvalue weighted by Gasteiger charge is 2.15. The smallest absolute Gasteiger partial charge is 0.321 e. The Labute approximate surface area is 127 Å². The summed E-state index contributed by atoms with van der Waals surface area (Å²) in [5, 5.41) is 14.3. The van der Waals surface area contributed by atoms with Crippen LogP contribution in [0.5, 0.6) is 0 Å². The summed E-state index contributed by atoms with van der Waals surface area (Å²) in [5.41, 5.74) is 1.53. The molecule has 0 radical (unpaired) electrons. The highest BCUT2D eigenvalue weighted by atomic mass is 16.5. The standard InChI is InChI=1S/C16H14N4O2/c1-19-10-8-17-15(19)12-5-4-6-13(11-12)18-16(21)14-7-2-3-9-20(14)22/h2-11H,1H3,(H,18,21). The minimum atomic E-state index is -0.451. The van der Waals surface area contributed by atoms with Gasteiger partial charge in [-0.3, -0.25) is 4.79 Å². The maximum Gasteiger partial charge on any atom is 0.321 e. The van der Waals surface area contributed by atoms with Gasteiger partial charge >= 0.3 is 5.91 Å². The Balaban J connectivity index is 1.86. The third kappa shape index (κ3) is 2.67. The highest BCUT2D eigenvalue weighted by Crippen LogP contribution is 2.20. The second-order valence-electron chi connectivity index (χ2n) is 4.81. The Morgan fingerprint density at radius 1 is 1.27 bits per heavy atom. The number of anilines is 1. The molecule has 0 aliphatic carbocycles. The van der Waals surface area contributed by atoms with Crippen LogP contribution >= 0.6 is 0 Å². The Bertz CT molecular complexity index is 826. The summed E-state index contributed by atoms with van der Waals surface area (Å²) < 4.78 is 2.43. The van der Waals surface area contributed by atoms with E-state index >= 15 is 0 Å². The number of hydrogen-bond donors (Lipinski definition) is 1. The van der Waals surface area contributed by atoms with Crippen molar-refractivity contribution in [2.24, 2.45) is 7.05 Å². The van der Waals surface area contributed by atoms with Gasteiger partial charge in [-0.05, 0) is 18.2 Å². The minimum absolute atomic E-state index is 0.0462. The summed E-state index contributed by atoms with van der Waals surface area (Å²) in [6.45, 7) is 0. The molecule has 0 unspecified atom stereocenters. The van der Waals surface area contributed by atoms with Crippen LogP contribution in [0, 0.1) is 5.21 Å². The number of carbonyl (C=O) groups is 1. The molecule has 0 saturated heterocycles. The number of pyridine rings is 1. The molecule has 0 saturated carbocycles. The SMILES string of the molecule is Cn1ccnc1-c1cccc(NC(=O)c2cccc[n+]2[O-])c1. The first kappa shape index (κ1) is 13.8. The van der Waals surface area contributed by atoms with Crippen LogP contribution in [0.4, 0.5) is 5.69 Å². The molecule has 0 fully saturated rings. The van der Waals surface area contributed by atoms with Gasteiger partial charge in [0.05, 0.1) is 0 Å². The highest BCUT2D eigenvalue weighted by molar-refractivity contribution is 6.02. The number of nitrogens with zero attached hydrogens (tertiary/aromatic N) is 3. The maximum absolute atomic E-state index is 12.1. The van der Waals surface area contributed by atoms with Crippen molar-refractivity contribution in [2.45, 2.75) is 0 Å². The van der Waals surface area contributed by atoms with Crippen LogP contribution in [0.1, 0.15) is 10.5 Å². The van der Waals surface area contributed by atoms with Crippen molar-refractivity contribution in [1.29, 1.82) is 0 Å². The molecule has 1 N–H and O–H groups in total. The molecule has 1 amide bonds. The molecule has 0 aliphatic rings. The molecule has 0 aliphatic heterocycles. The lowest BCUT2D eigenvalue weighted by molar-refractivity contribution is -0.607. The second-order valence-corrected chi connectivity index (χ2v) is 4.81. The van der Waals surface area contributed by atoms with Gasteiger partial charge in [0.15, 0.2) is 6.20 Å². The fourth-order valence-electron chi connectivity index (χ4n) is 2.18. The van der Waals surface area contributed by atoms with E-state index in [4.69, 9.17) is 0 Å². The average Bonchev–Trinajstić information content (AvgIpc) is 2.94. The second kappa shape index (κ2) is 5.69. The molecular weight excluding hydrogens is 280 g/mol. The quantitative estimate of drug-likeness (QED) is 0.593. The zero-order valence-electron chi connectivity index (χ0n) is 11.9. The van der Waals surface area contributed by atoms with Crippen molar-refractivity contribution in [1.82, 2.24) is 9.55 Å². The molecule has 0 atom stereocenters. The summed E-state index contributed by atoms with van der Waals surface area (Å²) in [5.74, 6) is 0.349. The van der Waals surface area contributed by atoms with Gasteiger partial charge in [0, 0.05) is 42.8 Å². The predicted octanol–water partition coefficient (Wildman–Crippen LogP) is 1.97. The third-order valence-corrected chi connectivity index (χ3v) is 3.26. The van der Waals surface area contributed by atoms with Gasteiger partial charge in [-0.25, -0.2) is 4.98 Å². The fraction of sp³-hybridized carbons (Fsp3) is 0.0625. The molecule has 0 bridgehead atoms. The van der Waals surface area contributed by atoms with E-state index in [-0.39, 0.29) is 5.69 Å². The average molecular weight is 294 g/mol. The van der Waals surface area contributed by atoms with E-state index in [1.165, 1.54) is 12.3 Å². The number of imidazole rings is 1. The first-order chi connectivity index (χ1) is 10.6. The third-order valence-electron chi connectivity index (χ3n) is 3.26. The zero-order chi connectivity index (χ0) is 15.5. The fourth-order valence-corrected chi connectivity index (χ4v) is 2.18. The number of hydrogen-bond acceptors (Lipinski definition) is 3. The van der Waals surface area contributed by atoms with Crippen molar-refractivity contribution >= 4 is 11.6 Å². The van der Waals surface area contributed by atoms with Crippen LogP contribution in [0.25, 0.3) is 11.4 Å². The van der Waals surface area contributed by atoms with E-state index in [0.29, 0.717) is 10.4 Å². The van der Waals surface area contributed by atoms with Gasteiger partial charge in [0.2, 0.25) is 0 Å². The summed E-state index contributed by atoms with van der Waals surface area (Å²) >= 11 is 0. The number of aryl methyl sites for hydroxylation is 1. The normalized spacial score (nSPS) is 10.4. The number of benzene rings is 1. The van der Waals surface area contributed by atoms with E-state index in [2.05, 4.69) is 10.3 Å². The number of aromatic nitrogens is 3. The summed E-state index contributed by atoms with van der Waals surface area (Å²) in [6, 6.07) is 12.0. The van der Waals surface area contributed by atoms with Crippen molar-refractivity contribution in [3.63, 3.8) is 0 Å². The van der Waals surface area contributed by atoms with E-state index in [9.17, 15) is 10.0 Å². The molecule has 22 heavy (non-hydrogen) atoms. The van der Waals surface area contributed by atoms with Gasteiger partial charge in [-0.15, -0.1) is 0 Å². The van der Waals surface area contributed by atoms with Crippen LogP contribution < -0.4 is 10.0 Å². The van der Waals surface area contributed by atoms with E-state index in [1.54, 1.807) is 24.4 Å². The maximum atomic E-state index is 12.1. The number of amides is 1. The van der Waals surface area contributed by atoms with E-state index in [1.807, 2.05) is 36.0 Å². The van der Waals surface area contributed by atoms with Gasteiger partial charge in [0.1, 0.15) is 5.82 Å². The van der Waals surface area contributed by atoms with Crippen molar-refractivity contribution in [3.8, 4) is 11.4 Å². The van der Waals surface area contributed by atoms with Gasteiger partial charge in [-0.1, -0.05) is 12.1 Å². The van der Waals surface area contributed by atoms with Gasteiger partial charge < -0.3 is 15.1 Å². The molecule has 2 aromatic heterocycles. The molecule has 6 nitrogen and oxygen atoms in total. The zero-order valence-corrected chi connectivity index (χ0v) is 11.9. The Hall–Kier alpha value is -3.15. The van der Waals surface area contributed by atoms with Gasteiger partial charge in [-0.2, -0.15) is 4.73 Å². The monoisotopic (exact) mass is 294 g/mol. The number of carbonyl (C=O) groups excluding carboxylic acids is 1. The molecule has 2 heterocycles. The number of nitrogens with one attached hydrogen (secondary N) is 1. The Morgan fingerprint density at radius 2 is 2.14 bits per heavy atom. The van der Waals surface area contributed by atoms with E-state index < -0.39 is 5.91 Å². The molecule has 0 spiro atoms. The van der Waals surface area contributed by atoms with Crippen molar-refractivity contribution in [3.05, 3.63) is 72.0 Å². The van der Waals surface area contributed by atoms with Crippen LogP contribution in [-0.2, 0) is 7.05 Å². The minimum Gasteiger partial charge on any atom is -0.618 e. The summed E-state index contributed by atoms with van der Waals surface area (Å²) in [7, 11) is 1.90. The molecule has 110 valence electrons. The summed E-state index contributed by atoms with van der Waals surface area (Å²) in [4.78, 5) is 16.4. The largest absolute Gasteiger partial charge is 0.618 e. The lowest BCUT2D eigenvalue weighted by Crippen LogP contribution is -2.36. The molecule has 3 aromatic rings. The van der Waals surface area contributed by atoms with Crippen molar-refractivity contribution < 1.29 is 9.52 Å². The molecule has 1 aromatic carbocycles. The molecule has 3 rings (SSSR count). The first-order valence-corrected chi connectivity index (χ1v) is 6.72. The molecule has 6 heteroatoms. The van der Waals surface area contributed by atoms with Gasteiger partial charge in [0.25, 0.3) is 5.69 Å². The topological polar surface area (TPSA) is 73.9 Å². The number of rotatable bonds is 3. The predicted molar refractivity (Wildman–Crippen MR) is 82.0 cm³/mol. The Kier molecular flexibility index (Phi) is 3.57. The molecular formula is C16H14N4O2. The van der Waals surface area contributed by atoms with Crippen LogP contribution in [-0.4, -0.2) is 15.5 Å².